The number of likely N-dealkylation sites (tertiary alicyclic amines) is 1. The fourth-order valence-electron chi connectivity index (χ4n) is 2.89. The molecule has 6 heteroatoms. The molecular formula is C18H22N2O3S. The predicted molar refractivity (Wildman–Crippen MR) is 92.7 cm³/mol. The zero-order chi connectivity index (χ0) is 17.0. The van der Waals surface area contributed by atoms with Crippen LogP contribution in [0.1, 0.15) is 18.4 Å². The van der Waals surface area contributed by atoms with Crippen molar-refractivity contribution in [1.82, 2.24) is 9.88 Å². The summed E-state index contributed by atoms with van der Waals surface area (Å²) in [7, 11) is -3.12. The van der Waals surface area contributed by atoms with E-state index in [1.807, 2.05) is 24.3 Å². The third kappa shape index (κ3) is 4.55. The zero-order valence-electron chi connectivity index (χ0n) is 13.8. The number of hydrogen-bond donors (Lipinski definition) is 0. The molecule has 0 atom stereocenters. The Hall–Kier alpha value is -1.92. The molecule has 0 amide bonds. The number of pyridine rings is 1. The lowest BCUT2D eigenvalue weighted by Crippen LogP contribution is -2.37. The highest BCUT2D eigenvalue weighted by atomic mass is 32.2. The van der Waals surface area contributed by atoms with Crippen molar-refractivity contribution in [2.75, 3.05) is 19.3 Å². The van der Waals surface area contributed by atoms with Gasteiger partial charge in [0.05, 0.1) is 11.1 Å². The number of nitrogens with zero attached hydrogens (tertiary/aromatic N) is 2. The summed E-state index contributed by atoms with van der Waals surface area (Å²) < 4.78 is 28.9. The summed E-state index contributed by atoms with van der Waals surface area (Å²) in [6.45, 7) is 2.78. The Kier molecular flexibility index (Phi) is 5.16. The van der Waals surface area contributed by atoms with Gasteiger partial charge in [-0.05, 0) is 42.7 Å². The van der Waals surface area contributed by atoms with E-state index >= 15 is 0 Å². The molecule has 0 N–H and O–H groups in total. The van der Waals surface area contributed by atoms with Crippen molar-refractivity contribution < 1.29 is 13.2 Å². The summed E-state index contributed by atoms with van der Waals surface area (Å²) in [5.41, 5.74) is 1.13. The van der Waals surface area contributed by atoms with E-state index in [9.17, 15) is 8.42 Å². The molecule has 1 aromatic carbocycles. The quantitative estimate of drug-likeness (QED) is 0.833. The molecule has 128 valence electrons. The van der Waals surface area contributed by atoms with E-state index in [-0.39, 0.29) is 6.10 Å². The van der Waals surface area contributed by atoms with Gasteiger partial charge in [0.25, 0.3) is 0 Å². The Bertz CT molecular complexity index is 753. The van der Waals surface area contributed by atoms with Gasteiger partial charge in [0.1, 0.15) is 11.9 Å². The van der Waals surface area contributed by atoms with Crippen molar-refractivity contribution in [3.8, 4) is 5.75 Å². The summed E-state index contributed by atoms with van der Waals surface area (Å²) in [5.74, 6) is 0.826. The first-order chi connectivity index (χ1) is 11.5. The Morgan fingerprint density at radius 1 is 1.17 bits per heavy atom. The summed E-state index contributed by atoms with van der Waals surface area (Å²) in [5, 5.41) is 0. The molecule has 2 aromatic rings. The minimum atomic E-state index is -3.12. The highest BCUT2D eigenvalue weighted by Gasteiger charge is 2.20. The van der Waals surface area contributed by atoms with Crippen LogP contribution in [0.5, 0.6) is 5.75 Å². The lowest BCUT2D eigenvalue weighted by Gasteiger charge is -2.32. The molecule has 1 fully saturated rings. The average Bonchev–Trinajstić information content (AvgIpc) is 2.57. The molecule has 1 saturated heterocycles. The summed E-state index contributed by atoms with van der Waals surface area (Å²) in [4.78, 5) is 6.81. The minimum absolute atomic E-state index is 0.234. The Morgan fingerprint density at radius 3 is 2.46 bits per heavy atom. The minimum Gasteiger partial charge on any atom is -0.489 e. The van der Waals surface area contributed by atoms with Crippen molar-refractivity contribution in [2.45, 2.75) is 30.4 Å². The second-order valence-electron chi connectivity index (χ2n) is 6.20. The molecular weight excluding hydrogens is 324 g/mol. The van der Waals surface area contributed by atoms with Gasteiger partial charge in [-0.3, -0.25) is 9.88 Å². The van der Waals surface area contributed by atoms with E-state index in [1.165, 1.54) is 6.26 Å². The topological polar surface area (TPSA) is 59.5 Å². The molecule has 0 spiro atoms. The number of ether oxygens (including phenoxy) is 1. The maximum Gasteiger partial charge on any atom is 0.175 e. The Labute approximate surface area is 143 Å². The van der Waals surface area contributed by atoms with Gasteiger partial charge in [0, 0.05) is 32.1 Å². The first kappa shape index (κ1) is 16.9. The number of benzene rings is 1. The molecule has 0 unspecified atom stereocenters. The standard InChI is InChI=1S/C18H22N2O3S/c1-24(21,22)18-6-4-15(5-7-18)14-20-11-8-16(9-12-20)23-17-3-2-10-19-13-17/h2-7,10,13,16H,8-9,11-12,14H2,1H3. The molecule has 5 nitrogen and oxygen atoms in total. The van der Waals surface area contributed by atoms with Crippen LogP contribution in [0, 0.1) is 0 Å². The molecule has 1 aliphatic heterocycles. The Morgan fingerprint density at radius 2 is 1.88 bits per heavy atom. The van der Waals surface area contributed by atoms with Crippen molar-refractivity contribution in [3.63, 3.8) is 0 Å². The fourth-order valence-corrected chi connectivity index (χ4v) is 3.53. The fraction of sp³-hybridized carbons (Fsp3) is 0.389. The van der Waals surface area contributed by atoms with Gasteiger partial charge < -0.3 is 4.74 Å². The molecule has 1 aliphatic rings. The highest BCUT2D eigenvalue weighted by molar-refractivity contribution is 7.90. The summed E-state index contributed by atoms with van der Waals surface area (Å²) in [6.07, 6.45) is 6.92. The van der Waals surface area contributed by atoms with Gasteiger partial charge in [-0.2, -0.15) is 0 Å². The second-order valence-corrected chi connectivity index (χ2v) is 8.21. The highest BCUT2D eigenvalue weighted by Crippen LogP contribution is 2.20. The largest absolute Gasteiger partial charge is 0.489 e. The van der Waals surface area contributed by atoms with Crippen LogP contribution in [-0.4, -0.2) is 43.8 Å². The normalized spacial score (nSPS) is 16.9. The molecule has 24 heavy (non-hydrogen) atoms. The maximum atomic E-state index is 11.5. The lowest BCUT2D eigenvalue weighted by molar-refractivity contribution is 0.0965. The van der Waals surface area contributed by atoms with E-state index in [0.29, 0.717) is 4.90 Å². The lowest BCUT2D eigenvalue weighted by atomic mass is 10.1. The van der Waals surface area contributed by atoms with Gasteiger partial charge in [-0.25, -0.2) is 8.42 Å². The smallest absolute Gasteiger partial charge is 0.175 e. The number of piperidine rings is 1. The van der Waals surface area contributed by atoms with Crippen LogP contribution < -0.4 is 4.74 Å². The van der Waals surface area contributed by atoms with Crippen LogP contribution in [-0.2, 0) is 16.4 Å². The van der Waals surface area contributed by atoms with E-state index in [1.54, 1.807) is 24.5 Å². The molecule has 0 saturated carbocycles. The monoisotopic (exact) mass is 346 g/mol. The molecule has 0 bridgehead atoms. The van der Waals surface area contributed by atoms with Crippen LogP contribution in [0.2, 0.25) is 0 Å². The third-order valence-electron chi connectivity index (χ3n) is 4.23. The van der Waals surface area contributed by atoms with E-state index < -0.39 is 9.84 Å². The third-order valence-corrected chi connectivity index (χ3v) is 5.36. The van der Waals surface area contributed by atoms with Crippen LogP contribution in [0.25, 0.3) is 0 Å². The van der Waals surface area contributed by atoms with E-state index in [0.717, 1.165) is 43.8 Å². The number of aromatic nitrogens is 1. The number of rotatable bonds is 5. The van der Waals surface area contributed by atoms with Crippen molar-refractivity contribution in [2.24, 2.45) is 0 Å². The van der Waals surface area contributed by atoms with Crippen molar-refractivity contribution in [3.05, 3.63) is 54.4 Å². The van der Waals surface area contributed by atoms with Crippen LogP contribution in [0.3, 0.4) is 0 Å². The first-order valence-electron chi connectivity index (χ1n) is 8.09. The average molecular weight is 346 g/mol. The molecule has 2 heterocycles. The van der Waals surface area contributed by atoms with Gasteiger partial charge in [-0.1, -0.05) is 12.1 Å². The molecule has 3 rings (SSSR count). The van der Waals surface area contributed by atoms with Gasteiger partial charge in [-0.15, -0.1) is 0 Å². The Balaban J connectivity index is 1.50. The molecule has 0 aliphatic carbocycles. The van der Waals surface area contributed by atoms with Gasteiger partial charge in [0.15, 0.2) is 9.84 Å². The summed E-state index contributed by atoms with van der Waals surface area (Å²) in [6, 6.07) is 11.0. The molecule has 0 radical (unpaired) electrons. The number of hydrogen-bond acceptors (Lipinski definition) is 5. The van der Waals surface area contributed by atoms with Crippen molar-refractivity contribution in [1.29, 1.82) is 0 Å². The second kappa shape index (κ2) is 7.32. The van der Waals surface area contributed by atoms with Crippen LogP contribution >= 0.6 is 0 Å². The van der Waals surface area contributed by atoms with Crippen molar-refractivity contribution >= 4 is 9.84 Å². The summed E-state index contributed by atoms with van der Waals surface area (Å²) >= 11 is 0. The SMILES string of the molecule is CS(=O)(=O)c1ccc(CN2CCC(Oc3cccnc3)CC2)cc1. The zero-order valence-corrected chi connectivity index (χ0v) is 14.6. The van der Waals surface area contributed by atoms with Crippen LogP contribution in [0.4, 0.5) is 0 Å². The van der Waals surface area contributed by atoms with E-state index in [2.05, 4.69) is 9.88 Å². The van der Waals surface area contributed by atoms with Gasteiger partial charge in [0.2, 0.25) is 0 Å². The number of sulfone groups is 1. The van der Waals surface area contributed by atoms with Crippen LogP contribution in [0.15, 0.2) is 53.7 Å². The first-order valence-corrected chi connectivity index (χ1v) is 9.98. The predicted octanol–water partition coefficient (Wildman–Crippen LogP) is 2.53. The van der Waals surface area contributed by atoms with Gasteiger partial charge >= 0.3 is 0 Å². The van der Waals surface area contributed by atoms with E-state index in [4.69, 9.17) is 4.74 Å². The molecule has 1 aromatic heterocycles. The maximum absolute atomic E-state index is 11.5.